The topological polar surface area (TPSA) is 103 Å². The molecule has 0 saturated carbocycles. The van der Waals surface area contributed by atoms with Crippen LogP contribution in [0.25, 0.3) is 0 Å². The predicted molar refractivity (Wildman–Crippen MR) is 170 cm³/mol. The minimum atomic E-state index is -1.33. The summed E-state index contributed by atoms with van der Waals surface area (Å²) in [5, 5.41) is 20.5. The molecule has 0 bridgehead atoms. The maximum atomic E-state index is 10.0. The number of benzene rings is 4. The van der Waals surface area contributed by atoms with Crippen LogP contribution in [-0.4, -0.2) is 14.4 Å². The molecule has 0 aromatic heterocycles. The van der Waals surface area contributed by atoms with Crippen LogP contribution in [0.1, 0.15) is 36.8 Å². The Kier molecular flexibility index (Phi) is 20.1. The number of rotatable bonds is 4. The third-order valence-corrected chi connectivity index (χ3v) is 5.09. The van der Waals surface area contributed by atoms with Crippen LogP contribution in [-0.2, 0) is 0 Å². The van der Waals surface area contributed by atoms with Gasteiger partial charge in [-0.3, -0.25) is 4.79 Å². The summed E-state index contributed by atoms with van der Waals surface area (Å²) in [7, 11) is -1.33. The van der Waals surface area contributed by atoms with Gasteiger partial charge in [-0.15, -0.1) is 0 Å². The zero-order valence-corrected chi connectivity index (χ0v) is 22.6. The van der Waals surface area contributed by atoms with Crippen molar-refractivity contribution in [1.29, 1.82) is 10.5 Å². The lowest BCUT2D eigenvalue weighted by Crippen LogP contribution is -2.15. The molecular formula is C33H42N4OSi. The summed E-state index contributed by atoms with van der Waals surface area (Å²) in [5.74, 6) is 0. The molecular weight excluding hydrogens is 496 g/mol. The Bertz CT molecular complexity index is 1220. The molecule has 0 fully saturated rings. The van der Waals surface area contributed by atoms with E-state index in [0.717, 1.165) is 28.8 Å². The Hall–Kier alpha value is -4.65. The average Bonchev–Trinajstić information content (AvgIpc) is 2.94. The Balaban J connectivity index is 0. The molecule has 0 spiro atoms. The number of nitrogen functional groups attached to an aromatic ring is 1. The van der Waals surface area contributed by atoms with Crippen molar-refractivity contribution in [2.75, 3.05) is 11.1 Å². The van der Waals surface area contributed by atoms with Crippen LogP contribution in [0.2, 0.25) is 19.6 Å². The second-order valence-corrected chi connectivity index (χ2v) is 13.5. The first kappa shape index (κ1) is 36.5. The normalized spacial score (nSPS) is 9.56. The molecule has 204 valence electrons. The van der Waals surface area contributed by atoms with Crippen molar-refractivity contribution < 1.29 is 4.79 Å². The highest BCUT2D eigenvalue weighted by molar-refractivity contribution is 6.83. The molecule has 1 atom stereocenters. The van der Waals surface area contributed by atoms with Gasteiger partial charge in [-0.2, -0.15) is 5.26 Å². The van der Waals surface area contributed by atoms with Gasteiger partial charge in [0.05, 0.1) is 6.07 Å². The largest absolute Gasteiger partial charge is 0.399 e. The van der Waals surface area contributed by atoms with E-state index in [9.17, 15) is 4.79 Å². The Morgan fingerprint density at radius 2 is 1.10 bits per heavy atom. The second kappa shape index (κ2) is 21.4. The van der Waals surface area contributed by atoms with E-state index in [-0.39, 0.29) is 20.9 Å². The van der Waals surface area contributed by atoms with E-state index in [1.807, 2.05) is 129 Å². The molecule has 4 aromatic carbocycles. The van der Waals surface area contributed by atoms with Gasteiger partial charge < -0.3 is 11.1 Å². The van der Waals surface area contributed by atoms with Crippen molar-refractivity contribution >= 4 is 25.7 Å². The molecule has 4 aromatic rings. The zero-order chi connectivity index (χ0) is 27.4. The maximum absolute atomic E-state index is 10.0. The van der Waals surface area contributed by atoms with Crippen molar-refractivity contribution in [2.45, 2.75) is 40.5 Å². The third-order valence-electron chi connectivity index (χ3n) is 4.42. The van der Waals surface area contributed by atoms with Crippen LogP contribution in [0, 0.1) is 22.3 Å². The summed E-state index contributed by atoms with van der Waals surface area (Å²) in [6, 6.07) is 40.0. The summed E-state index contributed by atoms with van der Waals surface area (Å²) in [6.45, 7) is 6.06. The number of para-hydroxylation sites is 2. The van der Waals surface area contributed by atoms with E-state index >= 15 is 0 Å². The molecule has 0 saturated heterocycles. The van der Waals surface area contributed by atoms with Crippen LogP contribution in [0.15, 0.2) is 121 Å². The van der Waals surface area contributed by atoms with Crippen molar-refractivity contribution in [1.82, 2.24) is 0 Å². The molecule has 3 N–H and O–H groups in total. The number of nitrogens with zero attached hydrogens (tertiary/aromatic N) is 2. The van der Waals surface area contributed by atoms with Gasteiger partial charge in [-0.05, 0) is 29.8 Å². The van der Waals surface area contributed by atoms with Gasteiger partial charge in [0, 0.05) is 22.6 Å². The number of nitrogens with two attached hydrogens (primary N) is 1. The molecule has 0 heterocycles. The van der Waals surface area contributed by atoms with Gasteiger partial charge in [-0.1, -0.05) is 132 Å². The van der Waals surface area contributed by atoms with E-state index in [4.69, 9.17) is 16.3 Å². The zero-order valence-electron chi connectivity index (χ0n) is 21.6. The average molecular weight is 539 g/mol. The summed E-state index contributed by atoms with van der Waals surface area (Å²) < 4.78 is 0. The number of hydrogen-bond donors (Lipinski definition) is 2. The molecule has 0 aliphatic heterocycles. The quantitative estimate of drug-likeness (QED) is 0.153. The van der Waals surface area contributed by atoms with Crippen molar-refractivity contribution in [3.63, 3.8) is 0 Å². The highest BCUT2D eigenvalue weighted by Crippen LogP contribution is 2.18. The highest BCUT2D eigenvalue weighted by atomic mass is 28.3. The molecule has 6 heteroatoms. The molecule has 0 aliphatic rings. The fourth-order valence-electron chi connectivity index (χ4n) is 2.52. The number of hydrogen-bond acceptors (Lipinski definition) is 5. The number of anilines is 2. The minimum absolute atomic E-state index is 0. The second-order valence-electron chi connectivity index (χ2n) is 8.78. The summed E-state index contributed by atoms with van der Waals surface area (Å²) in [6.07, 6.45) is 0.833. The van der Waals surface area contributed by atoms with Gasteiger partial charge >= 0.3 is 0 Å². The molecule has 39 heavy (non-hydrogen) atoms. The fourth-order valence-corrected chi connectivity index (χ4v) is 2.52. The highest BCUT2D eigenvalue weighted by Gasteiger charge is 2.09. The van der Waals surface area contributed by atoms with E-state index in [1.54, 1.807) is 12.1 Å². The number of carbonyl (C=O) groups excluding carboxylic acids is 1. The maximum Gasteiger partial charge on any atom is 0.164 e. The van der Waals surface area contributed by atoms with Crippen LogP contribution >= 0.6 is 0 Å². The summed E-state index contributed by atoms with van der Waals surface area (Å²) >= 11 is 0. The van der Waals surface area contributed by atoms with E-state index in [0.29, 0.717) is 0 Å². The van der Waals surface area contributed by atoms with Gasteiger partial charge in [0.2, 0.25) is 0 Å². The molecule has 0 radical (unpaired) electrons. The first-order valence-electron chi connectivity index (χ1n) is 11.8. The lowest BCUT2D eigenvalue weighted by atomic mass is 10.1. The van der Waals surface area contributed by atoms with Gasteiger partial charge in [-0.25, -0.2) is 5.26 Å². The van der Waals surface area contributed by atoms with Gasteiger partial charge in [0.25, 0.3) is 0 Å². The monoisotopic (exact) mass is 538 g/mol. The van der Waals surface area contributed by atoms with Crippen LogP contribution in [0.3, 0.4) is 0 Å². The van der Waals surface area contributed by atoms with Crippen LogP contribution in [0.5, 0.6) is 0 Å². The Labute approximate surface area is 236 Å². The summed E-state index contributed by atoms with van der Waals surface area (Å²) in [4.78, 5) is 10.0. The van der Waals surface area contributed by atoms with Gasteiger partial charge in [0.15, 0.2) is 8.07 Å². The van der Waals surface area contributed by atoms with E-state index in [1.165, 1.54) is 0 Å². The number of aldehydes is 1. The van der Waals surface area contributed by atoms with Crippen molar-refractivity contribution in [2.24, 2.45) is 0 Å². The summed E-state index contributed by atoms with van der Waals surface area (Å²) in [5.41, 5.74) is 11.1. The molecule has 5 nitrogen and oxygen atoms in total. The van der Waals surface area contributed by atoms with E-state index < -0.39 is 8.07 Å². The fraction of sp³-hybridized carbons (Fsp3) is 0.182. The number of carbonyl (C=O) groups is 1. The smallest absolute Gasteiger partial charge is 0.164 e. The molecule has 1 unspecified atom stereocenters. The third kappa shape index (κ3) is 18.3. The Morgan fingerprint density at radius 1 is 0.718 bits per heavy atom. The molecule has 0 aliphatic carbocycles. The number of nitriles is 2. The lowest BCUT2D eigenvalue weighted by Gasteiger charge is -2.12. The van der Waals surface area contributed by atoms with Crippen LogP contribution in [0.4, 0.5) is 11.4 Å². The van der Waals surface area contributed by atoms with Gasteiger partial charge in [0.1, 0.15) is 12.3 Å². The lowest BCUT2D eigenvalue weighted by molar-refractivity contribution is 0.112. The first-order chi connectivity index (χ1) is 17.8. The van der Waals surface area contributed by atoms with Crippen molar-refractivity contribution in [3.05, 3.63) is 132 Å². The molecule has 0 amide bonds. The van der Waals surface area contributed by atoms with E-state index in [2.05, 4.69) is 17.1 Å². The standard InChI is InChI=1S/C14H12N2.C7H6O.C6H7N.C4H9NSi.2CH4/c15-11-14(12-7-3-1-4-8-12)16-13-9-5-2-6-10-13;8-6-7-4-2-1-3-5-7;7-6-4-2-1-3-5-6;1-6(2,3)4-5;;/h1-10,14,16H;1-6H;1-5H,7H2;1-3H3;2*1H4. The first-order valence-corrected chi connectivity index (χ1v) is 15.3. The number of nitrogens with one attached hydrogen (secondary N) is 1. The van der Waals surface area contributed by atoms with Crippen LogP contribution < -0.4 is 11.1 Å². The predicted octanol–water partition coefficient (Wildman–Crippen LogP) is 8.79. The molecule has 4 rings (SSSR count). The SMILES string of the molecule is C.C.C[Si](C)(C)C#N.N#CC(Nc1ccccc1)c1ccccc1.Nc1ccccc1.O=Cc1ccccc1. The van der Waals surface area contributed by atoms with Crippen molar-refractivity contribution in [3.8, 4) is 11.8 Å². The Morgan fingerprint density at radius 3 is 1.41 bits per heavy atom. The minimum Gasteiger partial charge on any atom is -0.399 e.